The number of carbonyl (C=O) groups is 2. The SMILES string of the molecule is CC1=CCC2=C(C(=O)c3ccccc3C2=O)[C@H]1[C@@H](C)O[Si](C)(C)C(C)(C)C. The summed E-state index contributed by atoms with van der Waals surface area (Å²) in [5, 5.41) is 0.0871. The molecule has 1 aromatic rings. The molecule has 144 valence electrons. The van der Waals surface area contributed by atoms with Crippen LogP contribution in [-0.2, 0) is 4.43 Å². The van der Waals surface area contributed by atoms with E-state index < -0.39 is 8.32 Å². The monoisotopic (exact) mass is 382 g/mol. The Balaban J connectivity index is 2.03. The Labute approximate surface area is 163 Å². The van der Waals surface area contributed by atoms with Crippen LogP contribution >= 0.6 is 0 Å². The van der Waals surface area contributed by atoms with Gasteiger partial charge >= 0.3 is 0 Å². The normalized spacial score (nSPS) is 21.6. The van der Waals surface area contributed by atoms with Crippen LogP contribution in [0.4, 0.5) is 0 Å². The van der Waals surface area contributed by atoms with Crippen molar-refractivity contribution in [2.75, 3.05) is 0 Å². The van der Waals surface area contributed by atoms with Gasteiger partial charge in [0.05, 0.1) is 6.10 Å². The van der Waals surface area contributed by atoms with E-state index in [-0.39, 0.29) is 28.6 Å². The van der Waals surface area contributed by atoms with E-state index in [4.69, 9.17) is 4.43 Å². The summed E-state index contributed by atoms with van der Waals surface area (Å²) in [6.45, 7) is 15.2. The van der Waals surface area contributed by atoms with Gasteiger partial charge in [-0.15, -0.1) is 0 Å². The average Bonchev–Trinajstić information content (AvgIpc) is 2.57. The minimum absolute atomic E-state index is 0.00604. The maximum atomic E-state index is 13.3. The molecule has 0 fully saturated rings. The molecule has 3 nitrogen and oxygen atoms in total. The molecule has 0 saturated carbocycles. The zero-order valence-electron chi connectivity index (χ0n) is 17.5. The Morgan fingerprint density at radius 3 is 2.19 bits per heavy atom. The second-order valence-electron chi connectivity index (χ2n) is 9.31. The number of allylic oxidation sites excluding steroid dienone is 2. The van der Waals surface area contributed by atoms with Crippen LogP contribution in [0.3, 0.4) is 0 Å². The minimum Gasteiger partial charge on any atom is -0.413 e. The molecule has 0 saturated heterocycles. The second kappa shape index (κ2) is 6.68. The van der Waals surface area contributed by atoms with Gasteiger partial charge in [-0.2, -0.15) is 0 Å². The molecular formula is C23H30O3Si. The first-order valence-corrected chi connectivity index (χ1v) is 12.6. The van der Waals surface area contributed by atoms with Crippen molar-refractivity contribution in [3.8, 4) is 0 Å². The van der Waals surface area contributed by atoms with E-state index >= 15 is 0 Å². The van der Waals surface area contributed by atoms with E-state index in [0.717, 1.165) is 5.57 Å². The highest BCUT2D eigenvalue weighted by atomic mass is 28.4. The fourth-order valence-electron chi connectivity index (χ4n) is 3.91. The third kappa shape index (κ3) is 3.30. The number of ketones is 2. The molecule has 1 aromatic carbocycles. The van der Waals surface area contributed by atoms with Crippen molar-refractivity contribution < 1.29 is 14.0 Å². The number of rotatable bonds is 3. The highest BCUT2D eigenvalue weighted by Gasteiger charge is 2.44. The quantitative estimate of drug-likeness (QED) is 0.494. The van der Waals surface area contributed by atoms with E-state index in [2.05, 4.69) is 53.8 Å². The molecular weight excluding hydrogens is 352 g/mol. The topological polar surface area (TPSA) is 43.4 Å². The first kappa shape index (κ1) is 20.0. The predicted molar refractivity (Wildman–Crippen MR) is 112 cm³/mol. The zero-order valence-corrected chi connectivity index (χ0v) is 18.5. The summed E-state index contributed by atoms with van der Waals surface area (Å²) in [6, 6.07) is 7.17. The lowest BCUT2D eigenvalue weighted by Crippen LogP contribution is -2.46. The van der Waals surface area contributed by atoms with Gasteiger partial charge in [-0.25, -0.2) is 0 Å². The number of fused-ring (bicyclic) bond motifs is 1. The van der Waals surface area contributed by atoms with Crippen LogP contribution in [0.15, 0.2) is 47.1 Å². The number of carbonyl (C=O) groups excluding carboxylic acids is 2. The molecule has 3 rings (SSSR count). The maximum absolute atomic E-state index is 13.3. The molecule has 0 aliphatic heterocycles. The minimum atomic E-state index is -1.99. The Hall–Kier alpha value is -1.78. The van der Waals surface area contributed by atoms with Crippen molar-refractivity contribution in [1.82, 2.24) is 0 Å². The van der Waals surface area contributed by atoms with E-state index in [1.165, 1.54) is 0 Å². The van der Waals surface area contributed by atoms with Crippen LogP contribution < -0.4 is 0 Å². The highest BCUT2D eigenvalue weighted by Crippen LogP contribution is 2.43. The Kier molecular flexibility index (Phi) is 4.94. The number of hydrogen-bond donors (Lipinski definition) is 0. The van der Waals surface area contributed by atoms with Crippen LogP contribution in [0, 0.1) is 5.92 Å². The van der Waals surface area contributed by atoms with Crippen molar-refractivity contribution in [2.24, 2.45) is 5.92 Å². The summed E-state index contributed by atoms with van der Waals surface area (Å²) in [5.74, 6) is -0.176. The first-order valence-electron chi connectivity index (χ1n) is 9.71. The van der Waals surface area contributed by atoms with E-state index in [0.29, 0.717) is 28.7 Å². The molecule has 0 bridgehead atoms. The summed E-state index contributed by atoms with van der Waals surface area (Å²) >= 11 is 0. The van der Waals surface area contributed by atoms with Gasteiger partial charge < -0.3 is 4.43 Å². The largest absolute Gasteiger partial charge is 0.413 e. The predicted octanol–water partition coefficient (Wildman–Crippen LogP) is 5.74. The molecule has 27 heavy (non-hydrogen) atoms. The fourth-order valence-corrected chi connectivity index (χ4v) is 5.33. The standard InChI is InChI=1S/C23H30O3Si/c1-14-12-13-18-20(19(14)15(2)26-27(6,7)23(3,4)5)22(25)17-11-9-8-10-16(17)21(18)24/h8-12,15,19H,13H2,1-7H3/t15-,19-/m1/s1. The lowest BCUT2D eigenvalue weighted by molar-refractivity contribution is 0.0939. The van der Waals surface area contributed by atoms with Gasteiger partial charge in [0.15, 0.2) is 19.9 Å². The first-order chi connectivity index (χ1) is 12.5. The third-order valence-corrected chi connectivity index (χ3v) is 11.0. The summed E-state index contributed by atoms with van der Waals surface area (Å²) in [5.41, 5.74) is 3.50. The highest BCUT2D eigenvalue weighted by molar-refractivity contribution is 6.74. The smallest absolute Gasteiger partial charge is 0.192 e. The molecule has 0 aromatic heterocycles. The van der Waals surface area contributed by atoms with Crippen LogP contribution in [-0.4, -0.2) is 26.0 Å². The summed E-state index contributed by atoms with van der Waals surface area (Å²) in [4.78, 5) is 26.4. The van der Waals surface area contributed by atoms with Crippen LogP contribution in [0.2, 0.25) is 18.1 Å². The molecule has 0 N–H and O–H groups in total. The molecule has 2 aliphatic rings. The summed E-state index contributed by atoms with van der Waals surface area (Å²) in [7, 11) is -1.99. The van der Waals surface area contributed by atoms with Crippen molar-refractivity contribution in [1.29, 1.82) is 0 Å². The zero-order chi connectivity index (χ0) is 20.1. The van der Waals surface area contributed by atoms with Crippen LogP contribution in [0.5, 0.6) is 0 Å². The molecule has 0 radical (unpaired) electrons. The van der Waals surface area contributed by atoms with Crippen molar-refractivity contribution in [2.45, 2.75) is 65.3 Å². The van der Waals surface area contributed by atoms with Gasteiger partial charge in [0, 0.05) is 28.2 Å². The summed E-state index contributed by atoms with van der Waals surface area (Å²) < 4.78 is 6.63. The molecule has 0 spiro atoms. The van der Waals surface area contributed by atoms with E-state index in [1.807, 2.05) is 12.1 Å². The second-order valence-corrected chi connectivity index (χ2v) is 14.1. The van der Waals surface area contributed by atoms with Gasteiger partial charge in [-0.05, 0) is 38.4 Å². The number of Topliss-reactive ketones (excluding diaryl/α,β-unsaturated/α-hetero) is 2. The van der Waals surface area contributed by atoms with Crippen molar-refractivity contribution in [3.63, 3.8) is 0 Å². The molecule has 0 amide bonds. The van der Waals surface area contributed by atoms with Crippen LogP contribution in [0.1, 0.15) is 61.8 Å². The van der Waals surface area contributed by atoms with Gasteiger partial charge in [0.25, 0.3) is 0 Å². The van der Waals surface area contributed by atoms with Crippen molar-refractivity contribution in [3.05, 3.63) is 58.2 Å². The number of benzene rings is 1. The van der Waals surface area contributed by atoms with Crippen LogP contribution in [0.25, 0.3) is 0 Å². The Bertz CT molecular complexity index is 868. The lowest BCUT2D eigenvalue weighted by atomic mass is 9.71. The molecule has 0 unspecified atom stereocenters. The Morgan fingerprint density at radius 2 is 1.63 bits per heavy atom. The van der Waals surface area contributed by atoms with Crippen molar-refractivity contribution >= 4 is 19.9 Å². The average molecular weight is 383 g/mol. The van der Waals surface area contributed by atoms with Gasteiger partial charge in [0.1, 0.15) is 0 Å². The molecule has 2 aliphatic carbocycles. The third-order valence-electron chi connectivity index (χ3n) is 6.45. The summed E-state index contributed by atoms with van der Waals surface area (Å²) in [6.07, 6.45) is 2.48. The molecule has 0 heterocycles. The van der Waals surface area contributed by atoms with Gasteiger partial charge in [-0.1, -0.05) is 56.7 Å². The Morgan fingerprint density at radius 1 is 1.07 bits per heavy atom. The molecule has 4 heteroatoms. The lowest BCUT2D eigenvalue weighted by Gasteiger charge is -2.42. The number of hydrogen-bond acceptors (Lipinski definition) is 3. The fraction of sp³-hybridized carbons (Fsp3) is 0.478. The molecule has 2 atom stereocenters. The van der Waals surface area contributed by atoms with Gasteiger partial charge in [-0.3, -0.25) is 9.59 Å². The van der Waals surface area contributed by atoms with E-state index in [1.54, 1.807) is 12.1 Å². The maximum Gasteiger partial charge on any atom is 0.192 e. The van der Waals surface area contributed by atoms with E-state index in [9.17, 15) is 9.59 Å². The van der Waals surface area contributed by atoms with Gasteiger partial charge in [0.2, 0.25) is 0 Å².